The molecular weight excluding hydrogens is 231 g/mol. The number of ether oxygens (including phenoxy) is 1. The lowest BCUT2D eigenvalue weighted by Crippen LogP contribution is -2.41. The summed E-state index contributed by atoms with van der Waals surface area (Å²) in [7, 11) is 1.11. The molecule has 0 bridgehead atoms. The van der Waals surface area contributed by atoms with Gasteiger partial charge in [0.05, 0.1) is 18.3 Å². The summed E-state index contributed by atoms with van der Waals surface area (Å²) < 4.78 is 16.2. The minimum Gasteiger partial charge on any atom is -0.469 e. The standard InChI is InChI=1S/C13H23BO4/c1-12(2)13(3,4)18-14(17-12)10-8-6-7-9-11(15)16-5/h8,10H,6-7,9H2,1-5H3/b10-8-. The molecule has 0 spiro atoms. The van der Waals surface area contributed by atoms with Crippen molar-refractivity contribution in [2.45, 2.75) is 58.2 Å². The van der Waals surface area contributed by atoms with Crippen LogP contribution in [-0.4, -0.2) is 31.4 Å². The van der Waals surface area contributed by atoms with E-state index in [4.69, 9.17) is 9.31 Å². The molecule has 102 valence electrons. The van der Waals surface area contributed by atoms with E-state index < -0.39 is 0 Å². The first-order valence-electron chi connectivity index (χ1n) is 6.37. The van der Waals surface area contributed by atoms with Crippen molar-refractivity contribution in [3.8, 4) is 0 Å². The van der Waals surface area contributed by atoms with Crippen LogP contribution in [0.5, 0.6) is 0 Å². The lowest BCUT2D eigenvalue weighted by molar-refractivity contribution is -0.140. The molecule has 1 rings (SSSR count). The fraction of sp³-hybridized carbons (Fsp3) is 0.769. The van der Waals surface area contributed by atoms with Crippen LogP contribution in [0.3, 0.4) is 0 Å². The van der Waals surface area contributed by atoms with E-state index in [0.29, 0.717) is 6.42 Å². The number of carbonyl (C=O) groups excluding carboxylic acids is 1. The molecule has 0 unspecified atom stereocenters. The predicted octanol–water partition coefficient (Wildman–Crippen LogP) is 2.52. The van der Waals surface area contributed by atoms with Crippen molar-refractivity contribution in [3.05, 3.63) is 12.1 Å². The second-order valence-electron chi connectivity index (χ2n) is 5.52. The SMILES string of the molecule is COC(=O)CCC/C=C\B1OC(C)(C)C(C)(C)O1. The molecule has 5 heteroatoms. The summed E-state index contributed by atoms with van der Waals surface area (Å²) in [5.74, 6) is 1.74. The molecule has 1 heterocycles. The predicted molar refractivity (Wildman–Crippen MR) is 71.1 cm³/mol. The van der Waals surface area contributed by atoms with Gasteiger partial charge in [-0.1, -0.05) is 12.1 Å². The van der Waals surface area contributed by atoms with Crippen molar-refractivity contribution >= 4 is 13.1 Å². The maximum atomic E-state index is 10.9. The van der Waals surface area contributed by atoms with Gasteiger partial charge < -0.3 is 14.0 Å². The van der Waals surface area contributed by atoms with E-state index in [9.17, 15) is 4.79 Å². The van der Waals surface area contributed by atoms with Gasteiger partial charge >= 0.3 is 13.1 Å². The lowest BCUT2D eigenvalue weighted by Gasteiger charge is -2.32. The van der Waals surface area contributed by atoms with Gasteiger partial charge in [0, 0.05) is 6.42 Å². The van der Waals surface area contributed by atoms with Crippen molar-refractivity contribution in [1.82, 2.24) is 0 Å². The summed E-state index contributed by atoms with van der Waals surface area (Å²) in [6.07, 6.45) is 4.04. The summed E-state index contributed by atoms with van der Waals surface area (Å²) >= 11 is 0. The lowest BCUT2D eigenvalue weighted by atomic mass is 9.89. The second-order valence-corrected chi connectivity index (χ2v) is 5.52. The molecule has 0 aromatic heterocycles. The second kappa shape index (κ2) is 5.89. The number of esters is 1. The van der Waals surface area contributed by atoms with Gasteiger partial charge in [0.2, 0.25) is 0 Å². The highest BCUT2D eigenvalue weighted by Crippen LogP contribution is 2.36. The van der Waals surface area contributed by atoms with Crippen LogP contribution in [0.4, 0.5) is 0 Å². The normalized spacial score (nSPS) is 21.5. The highest BCUT2D eigenvalue weighted by Gasteiger charge is 2.49. The van der Waals surface area contributed by atoms with Gasteiger partial charge in [0.25, 0.3) is 0 Å². The first-order chi connectivity index (χ1) is 8.28. The van der Waals surface area contributed by atoms with Crippen molar-refractivity contribution in [2.75, 3.05) is 7.11 Å². The minimum atomic E-state index is -0.298. The Hall–Kier alpha value is -0.805. The summed E-state index contributed by atoms with van der Waals surface area (Å²) in [4.78, 5) is 10.9. The fourth-order valence-electron chi connectivity index (χ4n) is 1.64. The zero-order chi connectivity index (χ0) is 13.8. The van der Waals surface area contributed by atoms with E-state index in [0.717, 1.165) is 12.8 Å². The summed E-state index contributed by atoms with van der Waals surface area (Å²) in [5, 5.41) is 0. The average molecular weight is 254 g/mol. The highest BCUT2D eigenvalue weighted by atomic mass is 16.7. The molecule has 0 amide bonds. The molecule has 0 atom stereocenters. The van der Waals surface area contributed by atoms with E-state index in [1.807, 2.05) is 39.7 Å². The van der Waals surface area contributed by atoms with Crippen LogP contribution in [0.1, 0.15) is 47.0 Å². The third-order valence-electron chi connectivity index (χ3n) is 3.54. The van der Waals surface area contributed by atoms with Gasteiger partial charge in [-0.05, 0) is 40.5 Å². The van der Waals surface area contributed by atoms with Crippen molar-refractivity contribution < 1.29 is 18.8 Å². The van der Waals surface area contributed by atoms with E-state index in [1.54, 1.807) is 0 Å². The molecule has 0 aromatic rings. The van der Waals surface area contributed by atoms with Gasteiger partial charge in [-0.3, -0.25) is 4.79 Å². The number of hydrogen-bond acceptors (Lipinski definition) is 4. The fourth-order valence-corrected chi connectivity index (χ4v) is 1.64. The number of methoxy groups -OCH3 is 1. The first kappa shape index (κ1) is 15.3. The average Bonchev–Trinajstić information content (AvgIpc) is 2.46. The molecule has 1 fully saturated rings. The third kappa shape index (κ3) is 3.85. The molecular formula is C13H23BO4. The zero-order valence-corrected chi connectivity index (χ0v) is 12.0. The van der Waals surface area contributed by atoms with E-state index in [-0.39, 0.29) is 24.3 Å². The smallest absolute Gasteiger partial charge is 0.469 e. The van der Waals surface area contributed by atoms with E-state index in [1.165, 1.54) is 7.11 Å². The van der Waals surface area contributed by atoms with Crippen molar-refractivity contribution in [3.63, 3.8) is 0 Å². The van der Waals surface area contributed by atoms with Gasteiger partial charge in [-0.2, -0.15) is 0 Å². The molecule has 1 saturated heterocycles. The molecule has 0 N–H and O–H groups in total. The minimum absolute atomic E-state index is 0.168. The molecule has 18 heavy (non-hydrogen) atoms. The van der Waals surface area contributed by atoms with Gasteiger partial charge in [-0.15, -0.1) is 0 Å². The summed E-state index contributed by atoms with van der Waals surface area (Å²) in [6.45, 7) is 8.10. The quantitative estimate of drug-likeness (QED) is 0.429. The van der Waals surface area contributed by atoms with E-state index in [2.05, 4.69) is 4.74 Å². The van der Waals surface area contributed by atoms with Crippen molar-refractivity contribution in [2.24, 2.45) is 0 Å². The molecule has 0 aliphatic carbocycles. The number of unbranched alkanes of at least 4 members (excludes halogenated alkanes) is 1. The molecule has 0 radical (unpaired) electrons. The number of rotatable bonds is 5. The van der Waals surface area contributed by atoms with Crippen LogP contribution in [0.25, 0.3) is 0 Å². The third-order valence-corrected chi connectivity index (χ3v) is 3.54. The Labute approximate surface area is 110 Å². The Balaban J connectivity index is 2.31. The monoisotopic (exact) mass is 254 g/mol. The van der Waals surface area contributed by atoms with Crippen LogP contribution in [0.2, 0.25) is 0 Å². The largest absolute Gasteiger partial charge is 0.486 e. The molecule has 0 saturated carbocycles. The Morgan fingerprint density at radius 2 is 1.78 bits per heavy atom. The molecule has 0 aromatic carbocycles. The first-order valence-corrected chi connectivity index (χ1v) is 6.37. The number of allylic oxidation sites excluding steroid dienone is 1. The molecule has 1 aliphatic heterocycles. The van der Waals surface area contributed by atoms with Gasteiger partial charge in [0.1, 0.15) is 0 Å². The zero-order valence-electron chi connectivity index (χ0n) is 12.0. The van der Waals surface area contributed by atoms with Crippen LogP contribution in [-0.2, 0) is 18.8 Å². The topological polar surface area (TPSA) is 44.8 Å². The molecule has 4 nitrogen and oxygen atoms in total. The van der Waals surface area contributed by atoms with Crippen molar-refractivity contribution in [1.29, 1.82) is 0 Å². The maximum absolute atomic E-state index is 10.9. The van der Waals surface area contributed by atoms with Crippen LogP contribution >= 0.6 is 0 Å². The number of hydrogen-bond donors (Lipinski definition) is 0. The Bertz CT molecular complexity index is 307. The maximum Gasteiger partial charge on any atom is 0.486 e. The highest BCUT2D eigenvalue weighted by molar-refractivity contribution is 6.51. The Morgan fingerprint density at radius 3 is 2.28 bits per heavy atom. The molecule has 1 aliphatic rings. The van der Waals surface area contributed by atoms with Gasteiger partial charge in [0.15, 0.2) is 0 Å². The number of carbonyl (C=O) groups is 1. The summed E-state index contributed by atoms with van der Waals surface area (Å²) in [5.41, 5.74) is -0.595. The van der Waals surface area contributed by atoms with Gasteiger partial charge in [-0.25, -0.2) is 0 Å². The Morgan fingerprint density at radius 1 is 1.22 bits per heavy atom. The van der Waals surface area contributed by atoms with Crippen LogP contribution < -0.4 is 0 Å². The summed E-state index contributed by atoms with van der Waals surface area (Å²) in [6, 6.07) is 0. The van der Waals surface area contributed by atoms with Crippen LogP contribution in [0, 0.1) is 0 Å². The van der Waals surface area contributed by atoms with Crippen LogP contribution in [0.15, 0.2) is 12.1 Å². The van der Waals surface area contributed by atoms with E-state index >= 15 is 0 Å². The Kier molecular flexibility index (Phi) is 4.99.